The topological polar surface area (TPSA) is 85.1 Å². The third kappa shape index (κ3) is 3.24. The summed E-state index contributed by atoms with van der Waals surface area (Å²) in [7, 11) is 0. The molecule has 0 spiro atoms. The number of nitrogens with one attached hydrogen (secondary N) is 2. The van der Waals surface area contributed by atoms with E-state index in [1.807, 2.05) is 37.4 Å². The van der Waals surface area contributed by atoms with Gasteiger partial charge < -0.3 is 15.8 Å². The number of H-pyrrole nitrogens is 1. The summed E-state index contributed by atoms with van der Waals surface area (Å²) in [6.45, 7) is 2.89. The summed E-state index contributed by atoms with van der Waals surface area (Å²) in [6.07, 6.45) is 3.03. The Labute approximate surface area is 150 Å². The highest BCUT2D eigenvalue weighted by Gasteiger charge is 2.16. The van der Waals surface area contributed by atoms with Crippen LogP contribution in [0.5, 0.6) is 0 Å². The van der Waals surface area contributed by atoms with E-state index in [0.29, 0.717) is 0 Å². The van der Waals surface area contributed by atoms with E-state index >= 15 is 0 Å². The maximum absolute atomic E-state index is 6.09. The maximum Gasteiger partial charge on any atom is 0.126 e. The van der Waals surface area contributed by atoms with E-state index in [9.17, 15) is 0 Å². The van der Waals surface area contributed by atoms with Crippen LogP contribution in [0.1, 0.15) is 17.9 Å². The van der Waals surface area contributed by atoms with Crippen molar-refractivity contribution in [1.29, 1.82) is 0 Å². The van der Waals surface area contributed by atoms with Crippen molar-refractivity contribution < 1.29 is 5.48 Å². The van der Waals surface area contributed by atoms with E-state index in [-0.39, 0.29) is 17.9 Å². The molecule has 7 heteroatoms. The highest BCUT2D eigenvalue weighted by atomic mass is 35.5. The van der Waals surface area contributed by atoms with E-state index in [0.717, 1.165) is 51.8 Å². The van der Waals surface area contributed by atoms with Crippen LogP contribution in [0.4, 0.5) is 0 Å². The Balaban J connectivity index is 0.00000104. The minimum atomic E-state index is 0. The van der Waals surface area contributed by atoms with E-state index in [4.69, 9.17) is 11.6 Å². The summed E-state index contributed by atoms with van der Waals surface area (Å²) in [5.41, 5.74) is 6.18. The number of aromatic nitrogens is 3. The molecular weight excluding hydrogens is 347 g/mol. The highest BCUT2D eigenvalue weighted by Crippen LogP contribution is 2.30. The van der Waals surface area contributed by atoms with Gasteiger partial charge in [-0.3, -0.25) is 0 Å². The highest BCUT2D eigenvalue weighted by molar-refractivity contribution is 6.30. The second-order valence-electron chi connectivity index (χ2n) is 5.45. The van der Waals surface area contributed by atoms with Crippen LogP contribution in [0.15, 0.2) is 36.5 Å². The van der Waals surface area contributed by atoms with E-state index in [1.54, 1.807) is 0 Å². The molecule has 5 nitrogen and oxygen atoms in total. The van der Waals surface area contributed by atoms with Crippen LogP contribution in [0.3, 0.4) is 0 Å². The maximum atomic E-state index is 6.09. The Morgan fingerprint density at radius 1 is 1.17 bits per heavy atom. The molecule has 0 unspecified atom stereocenters. The first-order chi connectivity index (χ1) is 10.7. The van der Waals surface area contributed by atoms with Crippen molar-refractivity contribution >= 4 is 40.6 Å². The summed E-state index contributed by atoms with van der Waals surface area (Å²) in [5, 5.41) is 3.97. The summed E-state index contributed by atoms with van der Waals surface area (Å²) in [4.78, 5) is 12.6. The molecule has 0 amide bonds. The predicted octanol–water partition coefficient (Wildman–Crippen LogP) is 3.52. The van der Waals surface area contributed by atoms with Gasteiger partial charge in [0.25, 0.3) is 0 Å². The Morgan fingerprint density at radius 3 is 2.71 bits per heavy atom. The molecule has 126 valence electrons. The predicted molar refractivity (Wildman–Crippen MR) is 101 cm³/mol. The summed E-state index contributed by atoms with van der Waals surface area (Å²) >= 11 is 6.09. The third-order valence-electron chi connectivity index (χ3n) is 3.84. The van der Waals surface area contributed by atoms with Crippen LogP contribution < -0.4 is 5.32 Å². The van der Waals surface area contributed by atoms with Crippen molar-refractivity contribution in [3.05, 3.63) is 53.1 Å². The molecule has 0 saturated heterocycles. The quantitative estimate of drug-likeness (QED) is 0.729. The minimum absolute atomic E-state index is 0. The van der Waals surface area contributed by atoms with Crippen molar-refractivity contribution in [3.8, 4) is 11.3 Å². The molecule has 2 aromatic heterocycles. The molecular formula is C17H18Cl2N4O. The Kier molecular flexibility index (Phi) is 5.49. The number of aromatic amines is 1. The van der Waals surface area contributed by atoms with Crippen LogP contribution in [0, 0.1) is 6.92 Å². The van der Waals surface area contributed by atoms with Crippen molar-refractivity contribution in [1.82, 2.24) is 20.3 Å². The monoisotopic (exact) mass is 364 g/mol. The molecule has 0 bridgehead atoms. The van der Waals surface area contributed by atoms with Gasteiger partial charge in [-0.15, -0.1) is 12.4 Å². The molecule has 24 heavy (non-hydrogen) atoms. The number of fused-ring (bicyclic) bond motifs is 1. The average Bonchev–Trinajstić information content (AvgIpc) is 3.15. The lowest BCUT2D eigenvalue weighted by molar-refractivity contribution is 0.824. The first kappa shape index (κ1) is 18.3. The van der Waals surface area contributed by atoms with Gasteiger partial charge in [0, 0.05) is 23.5 Å². The largest absolute Gasteiger partial charge is 0.412 e. The molecule has 0 fully saturated rings. The standard InChI is InChI=1S/C17H15ClN4.ClH.H2O/c1-10-20-15-8-14(11-3-2-4-13(18)7-11)22-17(15)16(21-10)12-5-6-19-9-12;;/h2-4,7-9,19,22H,5-6H2,1H3;1H;1H2. The van der Waals surface area contributed by atoms with Gasteiger partial charge in [-0.25, -0.2) is 9.97 Å². The van der Waals surface area contributed by atoms with Crippen LogP contribution in [0.2, 0.25) is 5.02 Å². The smallest absolute Gasteiger partial charge is 0.126 e. The zero-order valence-electron chi connectivity index (χ0n) is 13.1. The van der Waals surface area contributed by atoms with Gasteiger partial charge in [-0.2, -0.15) is 0 Å². The van der Waals surface area contributed by atoms with Crippen molar-refractivity contribution in [2.24, 2.45) is 0 Å². The van der Waals surface area contributed by atoms with Crippen LogP contribution in [-0.2, 0) is 0 Å². The fourth-order valence-electron chi connectivity index (χ4n) is 2.83. The number of halogens is 2. The summed E-state index contributed by atoms with van der Waals surface area (Å²) in [5.74, 6) is 0.784. The SMILES string of the molecule is Cc1nc(C2=CNCC2)c2[nH]c(-c3cccc(Cl)c3)cc2n1.Cl.O. The van der Waals surface area contributed by atoms with Gasteiger partial charge in [0.1, 0.15) is 5.82 Å². The lowest BCUT2D eigenvalue weighted by Gasteiger charge is -2.03. The molecule has 1 aliphatic heterocycles. The van der Waals surface area contributed by atoms with Gasteiger partial charge in [0.05, 0.1) is 16.7 Å². The van der Waals surface area contributed by atoms with Crippen LogP contribution >= 0.6 is 24.0 Å². The van der Waals surface area contributed by atoms with Crippen LogP contribution in [-0.4, -0.2) is 27.0 Å². The number of benzene rings is 1. The number of nitrogens with zero attached hydrogens (tertiary/aromatic N) is 2. The lowest BCUT2D eigenvalue weighted by atomic mass is 10.1. The molecule has 4 rings (SSSR count). The normalized spacial score (nSPS) is 13.0. The second-order valence-corrected chi connectivity index (χ2v) is 5.88. The zero-order chi connectivity index (χ0) is 15.1. The number of hydrogen-bond acceptors (Lipinski definition) is 3. The molecule has 3 aromatic rings. The number of rotatable bonds is 2. The minimum Gasteiger partial charge on any atom is -0.412 e. The van der Waals surface area contributed by atoms with Gasteiger partial charge in [-0.05, 0) is 42.7 Å². The second kappa shape index (κ2) is 7.21. The van der Waals surface area contributed by atoms with Crippen LogP contribution in [0.25, 0.3) is 27.9 Å². The Hall–Kier alpha value is -2.08. The van der Waals surface area contributed by atoms with Gasteiger partial charge >= 0.3 is 0 Å². The van der Waals surface area contributed by atoms with Gasteiger partial charge in [0.15, 0.2) is 0 Å². The van der Waals surface area contributed by atoms with Crippen molar-refractivity contribution in [3.63, 3.8) is 0 Å². The number of aryl methyl sites for hydroxylation is 1. The molecule has 3 heterocycles. The first-order valence-corrected chi connectivity index (χ1v) is 7.64. The van der Waals surface area contributed by atoms with Crippen molar-refractivity contribution in [2.45, 2.75) is 13.3 Å². The molecule has 0 radical (unpaired) electrons. The van der Waals surface area contributed by atoms with E-state index < -0.39 is 0 Å². The Morgan fingerprint density at radius 2 is 2.00 bits per heavy atom. The fourth-order valence-corrected chi connectivity index (χ4v) is 3.02. The molecule has 0 aliphatic carbocycles. The fraction of sp³-hybridized carbons (Fsp3) is 0.176. The van der Waals surface area contributed by atoms with Crippen molar-refractivity contribution in [2.75, 3.05) is 6.54 Å². The lowest BCUT2D eigenvalue weighted by Crippen LogP contribution is -1.97. The zero-order valence-corrected chi connectivity index (χ0v) is 14.6. The Bertz CT molecular complexity index is 905. The molecule has 1 aromatic carbocycles. The van der Waals surface area contributed by atoms with Gasteiger partial charge in [0.2, 0.25) is 0 Å². The average molecular weight is 365 g/mol. The summed E-state index contributed by atoms with van der Waals surface area (Å²) < 4.78 is 0. The molecule has 1 aliphatic rings. The molecule has 0 saturated carbocycles. The van der Waals surface area contributed by atoms with E-state index in [2.05, 4.69) is 26.3 Å². The first-order valence-electron chi connectivity index (χ1n) is 7.27. The van der Waals surface area contributed by atoms with E-state index in [1.165, 1.54) is 5.57 Å². The third-order valence-corrected chi connectivity index (χ3v) is 4.08. The summed E-state index contributed by atoms with van der Waals surface area (Å²) in [6, 6.07) is 9.86. The number of hydrogen-bond donors (Lipinski definition) is 2. The molecule has 0 atom stereocenters. The van der Waals surface area contributed by atoms with Gasteiger partial charge in [-0.1, -0.05) is 23.7 Å². The molecule has 4 N–H and O–H groups in total.